The Labute approximate surface area is 387 Å². The molecule has 0 radical (unpaired) electrons. The SMILES string of the molecule is CCOC(=O)CCCn1nnc(/C=C2\CN(C(c3ccccc3)(c3ccccc3)c3ccccc3)CCC2=O)n1.O=C1CCN(C(c2ccccc2)(c2ccccc2)c2ccccc2)CC1. The van der Waals surface area contributed by atoms with Crippen molar-refractivity contribution in [3.05, 3.63) is 227 Å². The number of ketones is 2. The molecular weight excluding hydrogens is 821 g/mol. The van der Waals surface area contributed by atoms with Crippen molar-refractivity contribution in [1.29, 1.82) is 0 Å². The Morgan fingerprint density at radius 2 is 0.970 bits per heavy atom. The number of aromatic nitrogens is 4. The molecule has 10 nitrogen and oxygen atoms in total. The third-order valence-electron chi connectivity index (χ3n) is 12.6. The van der Waals surface area contributed by atoms with E-state index < -0.39 is 5.54 Å². The Kier molecular flexibility index (Phi) is 14.9. The summed E-state index contributed by atoms with van der Waals surface area (Å²) in [7, 11) is 0. The van der Waals surface area contributed by atoms with E-state index in [1.54, 1.807) is 13.0 Å². The largest absolute Gasteiger partial charge is 0.466 e. The van der Waals surface area contributed by atoms with Gasteiger partial charge in [-0.3, -0.25) is 24.2 Å². The van der Waals surface area contributed by atoms with Crippen molar-refractivity contribution in [3.8, 4) is 0 Å². The Balaban J connectivity index is 0.000000196. The van der Waals surface area contributed by atoms with Crippen LogP contribution in [0.5, 0.6) is 0 Å². The fourth-order valence-corrected chi connectivity index (χ4v) is 9.61. The van der Waals surface area contributed by atoms with Crippen LogP contribution < -0.4 is 0 Å². The van der Waals surface area contributed by atoms with Gasteiger partial charge in [0.15, 0.2) is 11.6 Å². The Hall–Kier alpha value is -7.14. The normalized spacial score (nSPS) is 15.5. The zero-order valence-electron chi connectivity index (χ0n) is 37.5. The first-order valence-corrected chi connectivity index (χ1v) is 22.9. The van der Waals surface area contributed by atoms with Gasteiger partial charge in [0.05, 0.1) is 24.2 Å². The van der Waals surface area contributed by atoms with E-state index >= 15 is 0 Å². The Morgan fingerprint density at radius 3 is 1.38 bits per heavy atom. The summed E-state index contributed by atoms with van der Waals surface area (Å²) < 4.78 is 4.97. The first-order chi connectivity index (χ1) is 32.4. The number of tetrazole rings is 1. The number of benzene rings is 6. The van der Waals surface area contributed by atoms with E-state index in [1.807, 2.05) is 18.2 Å². The maximum Gasteiger partial charge on any atom is 0.305 e. The van der Waals surface area contributed by atoms with E-state index in [0.29, 0.717) is 75.5 Å². The Morgan fingerprint density at radius 1 is 0.576 bits per heavy atom. The second-order valence-electron chi connectivity index (χ2n) is 16.6. The van der Waals surface area contributed by atoms with Crippen molar-refractivity contribution in [2.45, 2.75) is 56.7 Å². The maximum atomic E-state index is 13.2. The molecule has 0 aliphatic carbocycles. The Bertz CT molecular complexity index is 2470. The molecule has 10 heteroatoms. The van der Waals surface area contributed by atoms with Gasteiger partial charge in [-0.1, -0.05) is 182 Å². The number of Topliss-reactive ketones (excluding diaryl/α,β-unsaturated/α-hetero) is 2. The lowest BCUT2D eigenvalue weighted by Crippen LogP contribution is -2.52. The van der Waals surface area contributed by atoms with E-state index in [-0.39, 0.29) is 17.3 Å². The number of carbonyl (C=O) groups is 3. The van der Waals surface area contributed by atoms with Gasteiger partial charge < -0.3 is 4.74 Å². The molecule has 9 rings (SSSR count). The van der Waals surface area contributed by atoms with Crippen LogP contribution in [-0.2, 0) is 36.7 Å². The lowest BCUT2D eigenvalue weighted by molar-refractivity contribution is -0.143. The fraction of sp³-hybridized carbons (Fsp3) is 0.250. The van der Waals surface area contributed by atoms with Crippen molar-refractivity contribution in [2.24, 2.45) is 0 Å². The number of piperidine rings is 2. The van der Waals surface area contributed by atoms with E-state index in [4.69, 9.17) is 4.74 Å². The van der Waals surface area contributed by atoms with Gasteiger partial charge in [-0.25, -0.2) is 0 Å². The summed E-state index contributed by atoms with van der Waals surface area (Å²) in [5.74, 6) is 0.588. The molecule has 0 unspecified atom stereocenters. The summed E-state index contributed by atoms with van der Waals surface area (Å²) in [5, 5.41) is 12.7. The molecule has 2 aliphatic heterocycles. The third-order valence-corrected chi connectivity index (χ3v) is 12.6. The smallest absolute Gasteiger partial charge is 0.305 e. The molecule has 3 heterocycles. The van der Waals surface area contributed by atoms with Crippen molar-refractivity contribution in [1.82, 2.24) is 30.0 Å². The first-order valence-electron chi connectivity index (χ1n) is 22.9. The molecular formula is C56H56N6O4. The lowest BCUT2D eigenvalue weighted by atomic mass is 9.74. The molecule has 2 saturated heterocycles. The highest BCUT2D eigenvalue weighted by atomic mass is 16.5. The van der Waals surface area contributed by atoms with Crippen molar-refractivity contribution in [2.75, 3.05) is 32.8 Å². The van der Waals surface area contributed by atoms with Gasteiger partial charge >= 0.3 is 5.97 Å². The molecule has 0 bridgehead atoms. The number of carbonyl (C=O) groups excluding carboxylic acids is 3. The topological polar surface area (TPSA) is 111 Å². The third kappa shape index (κ3) is 9.90. The van der Waals surface area contributed by atoms with Crippen molar-refractivity contribution >= 4 is 23.6 Å². The number of aryl methyl sites for hydroxylation is 1. The van der Waals surface area contributed by atoms with Crippen molar-refractivity contribution < 1.29 is 19.1 Å². The van der Waals surface area contributed by atoms with Crippen LogP contribution in [0.3, 0.4) is 0 Å². The van der Waals surface area contributed by atoms with Gasteiger partial charge in [-0.05, 0) is 58.0 Å². The quantitative estimate of drug-likeness (QED) is 0.0600. The number of likely N-dealkylation sites (tertiary alicyclic amines) is 2. The fourth-order valence-electron chi connectivity index (χ4n) is 9.61. The minimum absolute atomic E-state index is 0.0815. The van der Waals surface area contributed by atoms with Gasteiger partial charge in [0.1, 0.15) is 5.78 Å². The number of hydrogen-bond acceptors (Lipinski definition) is 9. The molecule has 0 atom stereocenters. The van der Waals surface area contributed by atoms with E-state index in [1.165, 1.54) is 21.5 Å². The number of esters is 1. The van der Waals surface area contributed by atoms with E-state index in [0.717, 1.165) is 29.8 Å². The second-order valence-corrected chi connectivity index (χ2v) is 16.6. The van der Waals surface area contributed by atoms with Gasteiger partial charge in [0, 0.05) is 57.4 Å². The van der Waals surface area contributed by atoms with Gasteiger partial charge in [-0.2, -0.15) is 4.80 Å². The van der Waals surface area contributed by atoms with Gasteiger partial charge in [0.25, 0.3) is 0 Å². The van der Waals surface area contributed by atoms with Crippen LogP contribution >= 0.6 is 0 Å². The first kappa shape index (κ1) is 45.4. The molecule has 1 aromatic heterocycles. The molecule has 334 valence electrons. The minimum atomic E-state index is -0.609. The highest BCUT2D eigenvalue weighted by Crippen LogP contribution is 2.45. The predicted molar refractivity (Wildman–Crippen MR) is 257 cm³/mol. The molecule has 0 N–H and O–H groups in total. The molecule has 6 aromatic carbocycles. The summed E-state index contributed by atoms with van der Waals surface area (Å²) in [6, 6.07) is 63.4. The molecule has 2 aliphatic rings. The molecule has 7 aromatic rings. The van der Waals surface area contributed by atoms with Gasteiger partial charge in [-0.15, -0.1) is 10.2 Å². The van der Waals surface area contributed by atoms with Crippen LogP contribution in [-0.4, -0.2) is 80.3 Å². The maximum absolute atomic E-state index is 13.2. The summed E-state index contributed by atoms with van der Waals surface area (Å²) in [6.07, 6.45) is 4.21. The zero-order chi connectivity index (χ0) is 45.6. The standard InChI is InChI=1S/C32H33N5O3.C24H23NO/c1-2-40-31(39)19-12-21-37-34-30(33-35-37)23-25-24-36(22-20-29(25)38)32(26-13-6-3-7-14-26,27-15-8-4-9-16-27)28-17-10-5-11-18-28;26-23-16-18-25(19-17-23)24(20-10-4-1-5-11-20,21-12-6-2-7-13-21)22-14-8-3-9-15-22/h3-11,13-18,23H,2,12,19-22,24H2,1H3;1-15H,16-19H2/b25-23+;. The lowest BCUT2D eigenvalue weighted by Gasteiger charge is -2.47. The van der Waals surface area contributed by atoms with Crippen LogP contribution in [0.1, 0.15) is 78.2 Å². The number of hydrogen-bond donors (Lipinski definition) is 0. The summed E-state index contributed by atoms with van der Waals surface area (Å²) in [6.45, 7) is 5.16. The van der Waals surface area contributed by atoms with E-state index in [2.05, 4.69) is 189 Å². The van der Waals surface area contributed by atoms with Crippen LogP contribution in [0.2, 0.25) is 0 Å². The highest BCUT2D eigenvalue weighted by Gasteiger charge is 2.45. The zero-order valence-corrected chi connectivity index (χ0v) is 37.5. The van der Waals surface area contributed by atoms with Crippen LogP contribution in [0.4, 0.5) is 0 Å². The monoisotopic (exact) mass is 876 g/mol. The number of rotatable bonds is 14. The average Bonchev–Trinajstić information content (AvgIpc) is 3.82. The molecule has 0 amide bonds. The number of ether oxygens (including phenoxy) is 1. The van der Waals surface area contributed by atoms with Crippen LogP contribution in [0.15, 0.2) is 188 Å². The van der Waals surface area contributed by atoms with E-state index in [9.17, 15) is 14.4 Å². The molecule has 2 fully saturated rings. The summed E-state index contributed by atoms with van der Waals surface area (Å²) in [5.41, 5.74) is 6.77. The van der Waals surface area contributed by atoms with Crippen LogP contribution in [0.25, 0.3) is 6.08 Å². The number of nitrogens with zero attached hydrogens (tertiary/aromatic N) is 6. The molecule has 0 saturated carbocycles. The molecule has 0 spiro atoms. The van der Waals surface area contributed by atoms with Crippen molar-refractivity contribution in [3.63, 3.8) is 0 Å². The second kappa shape index (κ2) is 21.7. The van der Waals surface area contributed by atoms with Gasteiger partial charge in [0.2, 0.25) is 0 Å². The summed E-state index contributed by atoms with van der Waals surface area (Å²) >= 11 is 0. The summed E-state index contributed by atoms with van der Waals surface area (Å²) in [4.78, 5) is 43.0. The highest BCUT2D eigenvalue weighted by molar-refractivity contribution is 6.00. The molecule has 66 heavy (non-hydrogen) atoms. The average molecular weight is 877 g/mol. The predicted octanol–water partition coefficient (Wildman–Crippen LogP) is 9.31. The minimum Gasteiger partial charge on any atom is -0.466 e. The van der Waals surface area contributed by atoms with Crippen LogP contribution in [0, 0.1) is 0 Å².